The van der Waals surface area contributed by atoms with Gasteiger partial charge in [0.1, 0.15) is 0 Å². The Labute approximate surface area is 101 Å². The number of piperidine rings is 1. The Morgan fingerprint density at radius 1 is 1.59 bits per heavy atom. The second-order valence-electron chi connectivity index (χ2n) is 4.48. The van der Waals surface area contributed by atoms with E-state index in [0.717, 1.165) is 25.9 Å². The predicted octanol–water partition coefficient (Wildman–Crippen LogP) is 0.472. The molecule has 2 rings (SSSR count). The summed E-state index contributed by atoms with van der Waals surface area (Å²) in [6.07, 6.45) is 5.41. The molecular weight excluding hydrogens is 218 g/mol. The van der Waals surface area contributed by atoms with E-state index in [4.69, 9.17) is 0 Å². The summed E-state index contributed by atoms with van der Waals surface area (Å²) in [5.74, 6) is 0.785. The maximum atomic E-state index is 12.1. The molecule has 0 radical (unpaired) electrons. The molecule has 94 valence electrons. The van der Waals surface area contributed by atoms with Crippen LogP contribution in [-0.4, -0.2) is 34.4 Å². The molecule has 0 aromatic carbocycles. The minimum atomic E-state index is -0.0337. The van der Waals surface area contributed by atoms with E-state index >= 15 is 0 Å². The van der Waals surface area contributed by atoms with E-state index in [2.05, 4.69) is 4.98 Å². The molecule has 5 heteroatoms. The average molecular weight is 237 g/mol. The van der Waals surface area contributed by atoms with Crippen LogP contribution in [0, 0.1) is 5.92 Å². The van der Waals surface area contributed by atoms with Crippen LogP contribution in [0.4, 0.5) is 5.82 Å². The molecule has 2 heterocycles. The molecule has 1 aliphatic rings. The summed E-state index contributed by atoms with van der Waals surface area (Å²) in [6, 6.07) is 0. The number of aliphatic hydroxyl groups is 1. The molecule has 5 nitrogen and oxygen atoms in total. The molecule has 0 bridgehead atoms. The molecule has 1 saturated heterocycles. The van der Waals surface area contributed by atoms with Crippen molar-refractivity contribution in [2.45, 2.75) is 26.3 Å². The number of nitrogens with zero attached hydrogens (tertiary/aromatic N) is 3. The highest BCUT2D eigenvalue weighted by Gasteiger charge is 2.22. The van der Waals surface area contributed by atoms with Gasteiger partial charge in [0.2, 0.25) is 0 Å². The van der Waals surface area contributed by atoms with E-state index in [1.807, 2.05) is 11.8 Å². The summed E-state index contributed by atoms with van der Waals surface area (Å²) in [6.45, 7) is 4.37. The molecule has 1 unspecified atom stereocenters. The molecule has 0 spiro atoms. The van der Waals surface area contributed by atoms with Gasteiger partial charge in [-0.05, 0) is 25.7 Å². The van der Waals surface area contributed by atoms with Gasteiger partial charge in [0.15, 0.2) is 5.82 Å². The summed E-state index contributed by atoms with van der Waals surface area (Å²) in [5, 5.41) is 9.20. The first kappa shape index (κ1) is 12.1. The molecule has 0 amide bonds. The van der Waals surface area contributed by atoms with E-state index in [9.17, 15) is 9.90 Å². The summed E-state index contributed by atoms with van der Waals surface area (Å²) < 4.78 is 1.66. The Kier molecular flexibility index (Phi) is 3.78. The number of aliphatic hydroxyl groups excluding tert-OH is 1. The van der Waals surface area contributed by atoms with Crippen LogP contribution in [0.5, 0.6) is 0 Å². The lowest BCUT2D eigenvalue weighted by molar-refractivity contribution is 0.208. The largest absolute Gasteiger partial charge is 0.396 e. The van der Waals surface area contributed by atoms with Crippen LogP contribution in [0.15, 0.2) is 17.2 Å². The molecule has 17 heavy (non-hydrogen) atoms. The highest BCUT2D eigenvalue weighted by Crippen LogP contribution is 2.18. The first-order valence-corrected chi connectivity index (χ1v) is 6.17. The Balaban J connectivity index is 2.24. The third-order valence-electron chi connectivity index (χ3n) is 3.31. The number of hydrogen-bond acceptors (Lipinski definition) is 4. The van der Waals surface area contributed by atoms with E-state index in [0.29, 0.717) is 12.4 Å². The van der Waals surface area contributed by atoms with Gasteiger partial charge in [-0.2, -0.15) is 0 Å². The summed E-state index contributed by atoms with van der Waals surface area (Å²) in [5.41, 5.74) is -0.0337. The van der Waals surface area contributed by atoms with Crippen molar-refractivity contribution >= 4 is 5.82 Å². The number of hydrogen-bond donors (Lipinski definition) is 1. The smallest absolute Gasteiger partial charge is 0.293 e. The van der Waals surface area contributed by atoms with Crippen LogP contribution in [0.2, 0.25) is 0 Å². The van der Waals surface area contributed by atoms with Crippen molar-refractivity contribution in [1.82, 2.24) is 9.55 Å². The van der Waals surface area contributed by atoms with E-state index in [1.54, 1.807) is 17.0 Å². The van der Waals surface area contributed by atoms with Crippen molar-refractivity contribution in [1.29, 1.82) is 0 Å². The van der Waals surface area contributed by atoms with Gasteiger partial charge in [0.25, 0.3) is 5.56 Å². The van der Waals surface area contributed by atoms with Crippen LogP contribution < -0.4 is 10.5 Å². The molecule has 1 atom stereocenters. The summed E-state index contributed by atoms with van der Waals surface area (Å²) >= 11 is 0. The summed E-state index contributed by atoms with van der Waals surface area (Å²) in [7, 11) is 0. The van der Waals surface area contributed by atoms with Gasteiger partial charge in [0.05, 0.1) is 0 Å². The lowest BCUT2D eigenvalue weighted by Gasteiger charge is -2.32. The third kappa shape index (κ3) is 2.49. The van der Waals surface area contributed by atoms with Crippen molar-refractivity contribution in [3.05, 3.63) is 22.7 Å². The molecular formula is C12H19N3O2. The first-order valence-electron chi connectivity index (χ1n) is 6.17. The monoisotopic (exact) mass is 237 g/mol. The zero-order valence-electron chi connectivity index (χ0n) is 10.2. The first-order chi connectivity index (χ1) is 8.26. The van der Waals surface area contributed by atoms with Crippen molar-refractivity contribution in [2.24, 2.45) is 5.92 Å². The normalized spacial score (nSPS) is 20.6. The fraction of sp³-hybridized carbons (Fsp3) is 0.667. The zero-order chi connectivity index (χ0) is 12.3. The minimum Gasteiger partial charge on any atom is -0.396 e. The summed E-state index contributed by atoms with van der Waals surface area (Å²) in [4.78, 5) is 18.3. The van der Waals surface area contributed by atoms with Crippen LogP contribution in [0.25, 0.3) is 0 Å². The van der Waals surface area contributed by atoms with Crippen LogP contribution in [-0.2, 0) is 6.54 Å². The van der Waals surface area contributed by atoms with Crippen molar-refractivity contribution in [3.63, 3.8) is 0 Å². The van der Waals surface area contributed by atoms with Crippen LogP contribution >= 0.6 is 0 Å². The fourth-order valence-electron chi connectivity index (χ4n) is 2.31. The van der Waals surface area contributed by atoms with Gasteiger partial charge >= 0.3 is 0 Å². The van der Waals surface area contributed by atoms with Gasteiger partial charge in [0, 0.05) is 38.6 Å². The standard InChI is InChI=1S/C12H19N3O2/c1-2-14-7-5-13-11(12(14)17)15-6-3-4-10(8-15)9-16/h5,7,10,16H,2-4,6,8-9H2,1H3. The number of anilines is 1. The van der Waals surface area contributed by atoms with Gasteiger partial charge in [-0.25, -0.2) is 4.98 Å². The number of aryl methyl sites for hydroxylation is 1. The second-order valence-corrected chi connectivity index (χ2v) is 4.48. The quantitative estimate of drug-likeness (QED) is 0.830. The van der Waals surface area contributed by atoms with E-state index < -0.39 is 0 Å². The maximum Gasteiger partial charge on any atom is 0.293 e. The van der Waals surface area contributed by atoms with Crippen LogP contribution in [0.3, 0.4) is 0 Å². The Hall–Kier alpha value is -1.36. The minimum absolute atomic E-state index is 0.0337. The highest BCUT2D eigenvalue weighted by atomic mass is 16.3. The maximum absolute atomic E-state index is 12.1. The lowest BCUT2D eigenvalue weighted by atomic mass is 9.99. The molecule has 1 aliphatic heterocycles. The molecule has 1 N–H and O–H groups in total. The zero-order valence-corrected chi connectivity index (χ0v) is 10.2. The van der Waals surface area contributed by atoms with Gasteiger partial charge < -0.3 is 14.6 Å². The Bertz CT molecular complexity index is 430. The third-order valence-corrected chi connectivity index (χ3v) is 3.31. The van der Waals surface area contributed by atoms with Crippen molar-refractivity contribution < 1.29 is 5.11 Å². The number of aromatic nitrogens is 2. The lowest BCUT2D eigenvalue weighted by Crippen LogP contribution is -2.41. The SMILES string of the molecule is CCn1ccnc(N2CCCC(CO)C2)c1=O. The fourth-order valence-corrected chi connectivity index (χ4v) is 2.31. The Morgan fingerprint density at radius 2 is 2.41 bits per heavy atom. The predicted molar refractivity (Wildman–Crippen MR) is 66.2 cm³/mol. The Morgan fingerprint density at radius 3 is 3.12 bits per heavy atom. The number of rotatable bonds is 3. The van der Waals surface area contributed by atoms with E-state index in [-0.39, 0.29) is 18.1 Å². The van der Waals surface area contributed by atoms with E-state index in [1.165, 1.54) is 0 Å². The van der Waals surface area contributed by atoms with Gasteiger partial charge in [-0.1, -0.05) is 0 Å². The van der Waals surface area contributed by atoms with Gasteiger partial charge in [-0.15, -0.1) is 0 Å². The van der Waals surface area contributed by atoms with Crippen LogP contribution in [0.1, 0.15) is 19.8 Å². The van der Waals surface area contributed by atoms with Gasteiger partial charge in [-0.3, -0.25) is 4.79 Å². The second kappa shape index (κ2) is 5.31. The molecule has 0 aliphatic carbocycles. The topological polar surface area (TPSA) is 58.4 Å². The van der Waals surface area contributed by atoms with Crippen molar-refractivity contribution in [3.8, 4) is 0 Å². The molecule has 1 aromatic rings. The molecule has 0 saturated carbocycles. The highest BCUT2D eigenvalue weighted by molar-refractivity contribution is 5.36. The molecule has 1 aromatic heterocycles. The van der Waals surface area contributed by atoms with Crippen molar-refractivity contribution in [2.75, 3.05) is 24.6 Å². The molecule has 1 fully saturated rings. The average Bonchev–Trinajstić information content (AvgIpc) is 2.39.